The van der Waals surface area contributed by atoms with Gasteiger partial charge >= 0.3 is 6.09 Å². The van der Waals surface area contributed by atoms with Gasteiger partial charge in [0.2, 0.25) is 5.91 Å². The number of piperidine rings is 1. The molecule has 2 aliphatic rings. The maximum absolute atomic E-state index is 13.1. The molecule has 2 aliphatic heterocycles. The summed E-state index contributed by atoms with van der Waals surface area (Å²) in [6, 6.07) is 3.30. The highest BCUT2D eigenvalue weighted by atomic mass is 35.5. The molecule has 0 radical (unpaired) electrons. The van der Waals surface area contributed by atoms with Gasteiger partial charge in [0, 0.05) is 37.4 Å². The predicted molar refractivity (Wildman–Crippen MR) is 132 cm³/mol. The Bertz CT molecular complexity index is 906. The van der Waals surface area contributed by atoms with Crippen LogP contribution in [0.1, 0.15) is 50.8 Å². The normalized spacial score (nSPS) is 22.9. The Morgan fingerprint density at radius 1 is 1.17 bits per heavy atom. The first-order chi connectivity index (χ1) is 16.6. The highest BCUT2D eigenvalue weighted by Gasteiger charge is 2.41. The number of amides is 2. The average Bonchev–Trinajstić information content (AvgIpc) is 2.80. The van der Waals surface area contributed by atoms with E-state index >= 15 is 0 Å². The molecule has 1 fully saturated rings. The summed E-state index contributed by atoms with van der Waals surface area (Å²) in [6.07, 6.45) is 0.849. The number of alkyl halides is 2. The van der Waals surface area contributed by atoms with Crippen molar-refractivity contribution in [2.24, 2.45) is 5.92 Å². The average molecular weight is 514 g/mol. The molecule has 0 saturated carbocycles. The highest BCUT2D eigenvalue weighted by molar-refractivity contribution is 6.18. The maximum atomic E-state index is 13.1. The minimum Gasteiger partial charge on any atom is -0.493 e. The van der Waals surface area contributed by atoms with E-state index in [1.165, 1.54) is 5.56 Å². The van der Waals surface area contributed by atoms with Crippen LogP contribution in [-0.2, 0) is 16.0 Å². The fraction of sp³-hybridized carbons (Fsp3) is 0.680. The zero-order valence-electron chi connectivity index (χ0n) is 21.2. The summed E-state index contributed by atoms with van der Waals surface area (Å²) in [6.45, 7) is 6.08. The van der Waals surface area contributed by atoms with Crippen molar-refractivity contribution in [3.63, 3.8) is 0 Å². The summed E-state index contributed by atoms with van der Waals surface area (Å²) >= 11 is 5.78. The van der Waals surface area contributed by atoms with Crippen LogP contribution in [0.5, 0.6) is 11.5 Å². The second kappa shape index (κ2) is 11.6. The molecule has 0 aromatic heterocycles. The quantitative estimate of drug-likeness (QED) is 0.516. The fourth-order valence-electron chi connectivity index (χ4n) is 4.80. The number of benzene rings is 1. The lowest BCUT2D eigenvalue weighted by molar-refractivity contribution is -0.123. The van der Waals surface area contributed by atoms with Crippen LogP contribution in [0.4, 0.5) is 9.18 Å². The van der Waals surface area contributed by atoms with Gasteiger partial charge in [0.25, 0.3) is 0 Å². The van der Waals surface area contributed by atoms with E-state index in [4.69, 9.17) is 25.8 Å². The van der Waals surface area contributed by atoms with Gasteiger partial charge in [-0.1, -0.05) is 0 Å². The van der Waals surface area contributed by atoms with Gasteiger partial charge in [-0.3, -0.25) is 14.1 Å². The Morgan fingerprint density at radius 2 is 1.86 bits per heavy atom. The molecule has 0 aliphatic carbocycles. The summed E-state index contributed by atoms with van der Waals surface area (Å²) < 4.78 is 29.6. The smallest absolute Gasteiger partial charge is 0.407 e. The zero-order chi connectivity index (χ0) is 25.8. The first-order valence-electron chi connectivity index (χ1n) is 12.0. The minimum atomic E-state index is -0.655. The number of alkyl carbamates (subject to hydrolysis) is 1. The first-order valence-corrected chi connectivity index (χ1v) is 12.5. The van der Waals surface area contributed by atoms with Crippen LogP contribution in [0, 0.1) is 5.92 Å². The molecule has 2 N–H and O–H groups in total. The Kier molecular flexibility index (Phi) is 9.10. The largest absolute Gasteiger partial charge is 0.493 e. The number of nitrogens with zero attached hydrogens (tertiary/aromatic N) is 1. The molecule has 2 amide bonds. The van der Waals surface area contributed by atoms with Gasteiger partial charge in [-0.15, -0.1) is 11.6 Å². The van der Waals surface area contributed by atoms with Crippen molar-refractivity contribution in [2.75, 3.05) is 39.9 Å². The van der Waals surface area contributed by atoms with Gasteiger partial charge < -0.3 is 24.8 Å². The number of rotatable bonds is 8. The predicted octanol–water partition coefficient (Wildman–Crippen LogP) is 3.60. The van der Waals surface area contributed by atoms with E-state index in [0.29, 0.717) is 24.5 Å². The lowest BCUT2D eigenvalue weighted by Gasteiger charge is -2.47. The lowest BCUT2D eigenvalue weighted by Crippen LogP contribution is -2.62. The molecule has 0 spiro atoms. The molecule has 1 saturated heterocycles. The molecular formula is C25H37ClFN3O5. The summed E-state index contributed by atoms with van der Waals surface area (Å²) in [5.74, 6) is 0.597. The number of ether oxygens (including phenoxy) is 3. The van der Waals surface area contributed by atoms with Crippen LogP contribution in [0.3, 0.4) is 0 Å². The number of methoxy groups -OCH3 is 2. The second-order valence-corrected chi connectivity index (χ2v) is 10.5. The van der Waals surface area contributed by atoms with E-state index in [9.17, 15) is 14.0 Å². The van der Waals surface area contributed by atoms with Crippen molar-refractivity contribution in [3.05, 3.63) is 23.3 Å². The maximum Gasteiger partial charge on any atom is 0.407 e. The van der Waals surface area contributed by atoms with Crippen LogP contribution in [0.15, 0.2) is 12.1 Å². The van der Waals surface area contributed by atoms with Crippen LogP contribution in [0.2, 0.25) is 0 Å². The molecule has 4 unspecified atom stereocenters. The van der Waals surface area contributed by atoms with Crippen molar-refractivity contribution >= 4 is 23.6 Å². The molecule has 35 heavy (non-hydrogen) atoms. The summed E-state index contributed by atoms with van der Waals surface area (Å²) in [7, 11) is 3.22. The number of carbonyl (C=O) groups is 2. The Balaban J connectivity index is 1.84. The summed E-state index contributed by atoms with van der Waals surface area (Å²) in [5.41, 5.74) is 1.64. The number of hydrogen-bond acceptors (Lipinski definition) is 6. The third-order valence-electron chi connectivity index (χ3n) is 6.47. The SMILES string of the molecule is COc1cc2c(cc1OC)C1CC(NC(=O)OC(C)(C)C)C(NC(=O)CC(CF)CCl)CN1CC2. The number of nitrogens with one attached hydrogen (secondary N) is 2. The molecule has 1 aromatic rings. The third-order valence-corrected chi connectivity index (χ3v) is 6.90. The van der Waals surface area contributed by atoms with Gasteiger partial charge in [0.1, 0.15) is 5.60 Å². The molecule has 3 rings (SSSR count). The number of fused-ring (bicyclic) bond motifs is 3. The number of hydrogen-bond donors (Lipinski definition) is 2. The van der Waals surface area contributed by atoms with Crippen LogP contribution < -0.4 is 20.1 Å². The molecule has 1 aromatic carbocycles. The number of halogens is 2. The number of carbonyl (C=O) groups excluding carboxylic acids is 2. The van der Waals surface area contributed by atoms with Crippen LogP contribution in [-0.4, -0.2) is 74.4 Å². The highest BCUT2D eigenvalue weighted by Crippen LogP contribution is 2.42. The van der Waals surface area contributed by atoms with Gasteiger partial charge in [0.05, 0.1) is 33.0 Å². The molecule has 10 heteroatoms. The monoisotopic (exact) mass is 513 g/mol. The molecule has 4 atom stereocenters. The molecule has 2 heterocycles. The van der Waals surface area contributed by atoms with Crippen molar-refractivity contribution in [3.8, 4) is 11.5 Å². The van der Waals surface area contributed by atoms with Crippen molar-refractivity contribution in [1.82, 2.24) is 15.5 Å². The van der Waals surface area contributed by atoms with Crippen molar-refractivity contribution < 1.29 is 28.2 Å². The second-order valence-electron chi connectivity index (χ2n) is 10.2. The van der Waals surface area contributed by atoms with Gasteiger partial charge in [0.15, 0.2) is 11.5 Å². The van der Waals surface area contributed by atoms with E-state index < -0.39 is 24.3 Å². The van der Waals surface area contributed by atoms with Crippen molar-refractivity contribution in [2.45, 2.75) is 63.8 Å². The van der Waals surface area contributed by atoms with E-state index in [2.05, 4.69) is 15.5 Å². The standard InChI is InChI=1S/C25H37ClFN3O5/c1-25(2,3)35-24(32)29-18-11-20-17-10-22(34-5)21(33-4)9-16(17)6-7-30(20)14-19(18)28-23(31)8-15(12-26)13-27/h9-10,15,18-20H,6-8,11-14H2,1-5H3,(H,28,31)(H,29,32). The fourth-order valence-corrected chi connectivity index (χ4v) is 4.99. The molecular weight excluding hydrogens is 477 g/mol. The Hall–Kier alpha value is -2.26. The first kappa shape index (κ1) is 27.3. The molecule has 0 bridgehead atoms. The third kappa shape index (κ3) is 6.91. The van der Waals surface area contributed by atoms with E-state index in [-0.39, 0.29) is 36.3 Å². The summed E-state index contributed by atoms with van der Waals surface area (Å²) in [5, 5.41) is 5.98. The molecule has 196 valence electrons. The molecule has 8 nitrogen and oxygen atoms in total. The Labute approximate surface area is 211 Å². The Morgan fingerprint density at radius 3 is 2.46 bits per heavy atom. The van der Waals surface area contributed by atoms with Gasteiger partial charge in [-0.25, -0.2) is 4.79 Å². The van der Waals surface area contributed by atoms with Gasteiger partial charge in [-0.2, -0.15) is 0 Å². The van der Waals surface area contributed by atoms with Gasteiger partial charge in [-0.05, 0) is 56.9 Å². The van der Waals surface area contributed by atoms with Crippen LogP contribution >= 0.6 is 11.6 Å². The van der Waals surface area contributed by atoms with E-state index in [1.54, 1.807) is 35.0 Å². The van der Waals surface area contributed by atoms with Crippen LogP contribution in [0.25, 0.3) is 0 Å². The zero-order valence-corrected chi connectivity index (χ0v) is 21.9. The van der Waals surface area contributed by atoms with E-state index in [0.717, 1.165) is 18.5 Å². The van der Waals surface area contributed by atoms with E-state index in [1.807, 2.05) is 12.1 Å². The lowest BCUT2D eigenvalue weighted by atomic mass is 9.82. The van der Waals surface area contributed by atoms with Crippen molar-refractivity contribution in [1.29, 1.82) is 0 Å². The summed E-state index contributed by atoms with van der Waals surface area (Å²) in [4.78, 5) is 27.6. The topological polar surface area (TPSA) is 89.1 Å². The minimum absolute atomic E-state index is 0.00108.